The molecular formula is C18H25ClN4O2. The zero-order valence-corrected chi connectivity index (χ0v) is 15.6. The van der Waals surface area contributed by atoms with Crippen LogP contribution in [0.2, 0.25) is 5.15 Å². The number of amides is 1. The highest BCUT2D eigenvalue weighted by molar-refractivity contribution is 6.29. The molecule has 1 amide bonds. The number of aromatic nitrogens is 3. The topological polar surface area (TPSA) is 68.5 Å². The summed E-state index contributed by atoms with van der Waals surface area (Å²) in [6.45, 7) is 4.89. The Bertz CT molecular complexity index is 738. The van der Waals surface area contributed by atoms with Gasteiger partial charge in [0.2, 0.25) is 0 Å². The predicted octanol–water partition coefficient (Wildman–Crippen LogP) is 3.55. The number of ether oxygens (including phenoxy) is 1. The van der Waals surface area contributed by atoms with Gasteiger partial charge in [0, 0.05) is 18.3 Å². The third-order valence-electron chi connectivity index (χ3n) is 4.72. The monoisotopic (exact) mass is 364 g/mol. The molecule has 0 spiro atoms. The van der Waals surface area contributed by atoms with Crippen LogP contribution < -0.4 is 5.32 Å². The highest BCUT2D eigenvalue weighted by Crippen LogP contribution is 2.22. The number of halogens is 1. The molecule has 0 bridgehead atoms. The van der Waals surface area contributed by atoms with Crippen LogP contribution in [0.5, 0.6) is 0 Å². The summed E-state index contributed by atoms with van der Waals surface area (Å²) in [5, 5.41) is 7.72. The first kappa shape index (κ1) is 18.1. The van der Waals surface area contributed by atoms with Crippen LogP contribution in [0.4, 0.5) is 0 Å². The van der Waals surface area contributed by atoms with Crippen molar-refractivity contribution < 1.29 is 9.53 Å². The Morgan fingerprint density at radius 3 is 2.88 bits per heavy atom. The van der Waals surface area contributed by atoms with Gasteiger partial charge >= 0.3 is 0 Å². The van der Waals surface area contributed by atoms with Gasteiger partial charge < -0.3 is 10.1 Å². The fourth-order valence-corrected chi connectivity index (χ4v) is 3.50. The minimum Gasteiger partial charge on any atom is -0.378 e. The molecule has 2 aromatic rings. The summed E-state index contributed by atoms with van der Waals surface area (Å²) in [6, 6.07) is 1.90. The smallest absolute Gasteiger partial charge is 0.256 e. The molecule has 25 heavy (non-hydrogen) atoms. The molecule has 1 fully saturated rings. The van der Waals surface area contributed by atoms with Crippen molar-refractivity contribution in [2.45, 2.75) is 64.5 Å². The second-order valence-corrected chi connectivity index (χ2v) is 7.07. The van der Waals surface area contributed by atoms with E-state index in [0.717, 1.165) is 50.8 Å². The van der Waals surface area contributed by atoms with Gasteiger partial charge in [-0.25, -0.2) is 9.50 Å². The van der Waals surface area contributed by atoms with Crippen LogP contribution in [0, 0.1) is 6.92 Å². The van der Waals surface area contributed by atoms with Crippen molar-refractivity contribution in [3.63, 3.8) is 0 Å². The fourth-order valence-electron chi connectivity index (χ4n) is 3.27. The molecule has 0 unspecified atom stereocenters. The van der Waals surface area contributed by atoms with Gasteiger partial charge in [0.05, 0.1) is 12.3 Å². The zero-order valence-electron chi connectivity index (χ0n) is 14.8. The number of fused-ring (bicyclic) bond motifs is 1. The quantitative estimate of drug-likeness (QED) is 0.628. The van der Waals surface area contributed by atoms with E-state index in [2.05, 4.69) is 22.3 Å². The first-order valence-electron chi connectivity index (χ1n) is 9.01. The third kappa shape index (κ3) is 4.30. The Labute approximate surface area is 152 Å². The molecule has 1 aliphatic carbocycles. The Morgan fingerprint density at radius 2 is 2.16 bits per heavy atom. The molecule has 6 nitrogen and oxygen atoms in total. The van der Waals surface area contributed by atoms with Crippen molar-refractivity contribution in [1.29, 1.82) is 0 Å². The summed E-state index contributed by atoms with van der Waals surface area (Å²) in [5.41, 5.74) is 1.81. The number of nitrogens with one attached hydrogen (secondary N) is 1. The van der Waals surface area contributed by atoms with E-state index in [4.69, 9.17) is 16.3 Å². The van der Waals surface area contributed by atoms with E-state index in [-0.39, 0.29) is 11.9 Å². The van der Waals surface area contributed by atoms with Gasteiger partial charge in [-0.3, -0.25) is 4.79 Å². The number of nitrogens with zero attached hydrogens (tertiary/aromatic N) is 3. The standard InChI is InChI=1S/C18H25ClN4O2/c1-3-4-9-25-14-7-5-13(6-8-14)21-18(24)15-11-20-23-12(2)10-16(19)22-17(15)23/h10-11,13-14H,3-9H2,1-2H3,(H,21,24)/t13-,14-. The van der Waals surface area contributed by atoms with E-state index in [9.17, 15) is 4.79 Å². The number of aryl methyl sites for hydroxylation is 1. The molecule has 136 valence electrons. The lowest BCUT2D eigenvalue weighted by Crippen LogP contribution is -2.39. The van der Waals surface area contributed by atoms with Gasteiger partial charge in [-0.2, -0.15) is 5.10 Å². The summed E-state index contributed by atoms with van der Waals surface area (Å²) >= 11 is 6.02. The van der Waals surface area contributed by atoms with Crippen LogP contribution in [-0.4, -0.2) is 39.3 Å². The summed E-state index contributed by atoms with van der Waals surface area (Å²) in [4.78, 5) is 16.9. The summed E-state index contributed by atoms with van der Waals surface area (Å²) in [7, 11) is 0. The third-order valence-corrected chi connectivity index (χ3v) is 4.92. The van der Waals surface area contributed by atoms with Crippen LogP contribution in [-0.2, 0) is 4.74 Å². The van der Waals surface area contributed by atoms with E-state index in [0.29, 0.717) is 22.5 Å². The summed E-state index contributed by atoms with van der Waals surface area (Å²) in [6.07, 6.45) is 8.02. The molecule has 1 N–H and O–H groups in total. The average Bonchev–Trinajstić information content (AvgIpc) is 3.01. The molecule has 7 heteroatoms. The lowest BCUT2D eigenvalue weighted by molar-refractivity contribution is 0.0209. The first-order chi connectivity index (χ1) is 12.1. The van der Waals surface area contributed by atoms with E-state index in [1.54, 1.807) is 16.8 Å². The summed E-state index contributed by atoms with van der Waals surface area (Å²) in [5.74, 6) is -0.139. The largest absolute Gasteiger partial charge is 0.378 e. The predicted molar refractivity (Wildman–Crippen MR) is 97.1 cm³/mol. The number of rotatable bonds is 6. The Balaban J connectivity index is 1.59. The van der Waals surface area contributed by atoms with Crippen molar-refractivity contribution in [3.05, 3.63) is 28.7 Å². The maximum Gasteiger partial charge on any atom is 0.256 e. The molecule has 1 saturated carbocycles. The van der Waals surface area contributed by atoms with E-state index >= 15 is 0 Å². The van der Waals surface area contributed by atoms with Crippen LogP contribution in [0.15, 0.2) is 12.3 Å². The van der Waals surface area contributed by atoms with Crippen molar-refractivity contribution >= 4 is 23.2 Å². The SMILES string of the molecule is CCCCO[C@H]1CC[C@H](NC(=O)c2cnn3c(C)cc(Cl)nc23)CC1. The number of hydrogen-bond acceptors (Lipinski definition) is 4. The van der Waals surface area contributed by atoms with Gasteiger partial charge in [-0.1, -0.05) is 24.9 Å². The van der Waals surface area contributed by atoms with Crippen molar-refractivity contribution in [2.75, 3.05) is 6.61 Å². The van der Waals surface area contributed by atoms with Gasteiger partial charge in [0.25, 0.3) is 5.91 Å². The molecule has 0 radical (unpaired) electrons. The first-order valence-corrected chi connectivity index (χ1v) is 9.39. The normalized spacial score (nSPS) is 20.8. The maximum atomic E-state index is 12.6. The van der Waals surface area contributed by atoms with Crippen molar-refractivity contribution in [2.24, 2.45) is 0 Å². The average molecular weight is 365 g/mol. The minimum atomic E-state index is -0.139. The van der Waals surface area contributed by atoms with Gasteiger partial charge in [0.15, 0.2) is 5.65 Å². The lowest BCUT2D eigenvalue weighted by Gasteiger charge is -2.29. The lowest BCUT2D eigenvalue weighted by atomic mass is 9.92. The van der Waals surface area contributed by atoms with Crippen molar-refractivity contribution in [1.82, 2.24) is 19.9 Å². The number of unbranched alkanes of at least 4 members (excludes halogenated alkanes) is 1. The van der Waals surface area contributed by atoms with Gasteiger partial charge in [-0.15, -0.1) is 0 Å². The molecule has 3 rings (SSSR count). The molecule has 2 aromatic heterocycles. The Hall–Kier alpha value is -1.66. The molecule has 1 aliphatic rings. The second kappa shape index (κ2) is 8.15. The van der Waals surface area contributed by atoms with E-state index < -0.39 is 0 Å². The number of hydrogen-bond donors (Lipinski definition) is 1. The van der Waals surface area contributed by atoms with Gasteiger partial charge in [-0.05, 0) is 45.1 Å². The van der Waals surface area contributed by atoms with E-state index in [1.165, 1.54) is 0 Å². The maximum absolute atomic E-state index is 12.6. The minimum absolute atomic E-state index is 0.139. The highest BCUT2D eigenvalue weighted by Gasteiger charge is 2.24. The fraction of sp³-hybridized carbons (Fsp3) is 0.611. The van der Waals surface area contributed by atoms with Crippen LogP contribution in [0.1, 0.15) is 61.5 Å². The zero-order chi connectivity index (χ0) is 17.8. The summed E-state index contributed by atoms with van der Waals surface area (Å²) < 4.78 is 7.52. The van der Waals surface area contributed by atoms with Crippen LogP contribution >= 0.6 is 11.6 Å². The molecule has 0 saturated heterocycles. The van der Waals surface area contributed by atoms with Gasteiger partial charge in [0.1, 0.15) is 10.7 Å². The number of carbonyl (C=O) groups excluding carboxylic acids is 1. The Morgan fingerprint density at radius 1 is 1.40 bits per heavy atom. The Kier molecular flexibility index (Phi) is 5.91. The highest BCUT2D eigenvalue weighted by atomic mass is 35.5. The molecule has 2 heterocycles. The van der Waals surface area contributed by atoms with E-state index in [1.807, 2.05) is 6.92 Å². The molecular weight excluding hydrogens is 340 g/mol. The van der Waals surface area contributed by atoms with Crippen LogP contribution in [0.25, 0.3) is 5.65 Å². The molecule has 0 aliphatic heterocycles. The molecule has 0 atom stereocenters. The molecule has 0 aromatic carbocycles. The van der Waals surface area contributed by atoms with Crippen molar-refractivity contribution in [3.8, 4) is 0 Å². The number of carbonyl (C=O) groups is 1. The van der Waals surface area contributed by atoms with Crippen LogP contribution in [0.3, 0.4) is 0 Å². The second-order valence-electron chi connectivity index (χ2n) is 6.69.